The van der Waals surface area contributed by atoms with Crippen LogP contribution in [0.25, 0.3) is 0 Å². The van der Waals surface area contributed by atoms with Gasteiger partial charge in [-0.3, -0.25) is 29.8 Å². The lowest BCUT2D eigenvalue weighted by atomic mass is 9.93. The molecule has 0 aliphatic rings. The number of rotatable bonds is 8. The minimum atomic E-state index is -0.953. The van der Waals surface area contributed by atoms with E-state index in [9.17, 15) is 29.8 Å². The number of para-hydroxylation sites is 1. The van der Waals surface area contributed by atoms with Gasteiger partial charge >= 0.3 is 11.4 Å². The molecular weight excluding hydrogens is 308 g/mol. The standard InChI is InChI=1S/C13H16N4O6/c1-7(5-9(14)13(15)19)6-11(18)8-3-2-4-10(16(20)21)12(8)17(22)23/h2-4,7,9H,5-6,14H2,1H3,(H2,15,19)/t7?,9-/m0/s1. The first-order chi connectivity index (χ1) is 10.6. The van der Waals surface area contributed by atoms with Crippen molar-refractivity contribution in [3.63, 3.8) is 0 Å². The summed E-state index contributed by atoms with van der Waals surface area (Å²) in [5, 5.41) is 21.9. The molecule has 10 heteroatoms. The maximum absolute atomic E-state index is 12.2. The Labute approximate surface area is 130 Å². The molecule has 23 heavy (non-hydrogen) atoms. The summed E-state index contributed by atoms with van der Waals surface area (Å²) in [5.74, 6) is -1.72. The van der Waals surface area contributed by atoms with Crippen LogP contribution in [0.15, 0.2) is 18.2 Å². The highest BCUT2D eigenvalue weighted by Gasteiger charge is 2.31. The minimum Gasteiger partial charge on any atom is -0.368 e. The number of hydrogen-bond donors (Lipinski definition) is 2. The van der Waals surface area contributed by atoms with Gasteiger partial charge in [0.15, 0.2) is 5.78 Å². The summed E-state index contributed by atoms with van der Waals surface area (Å²) < 4.78 is 0. The second kappa shape index (κ2) is 7.40. The van der Waals surface area contributed by atoms with Crippen molar-refractivity contribution >= 4 is 23.1 Å². The zero-order chi connectivity index (χ0) is 17.7. The third kappa shape index (κ3) is 4.54. The smallest absolute Gasteiger partial charge is 0.356 e. The lowest BCUT2D eigenvalue weighted by Gasteiger charge is -2.14. The second-order valence-electron chi connectivity index (χ2n) is 5.16. The number of carbonyl (C=O) groups is 2. The lowest BCUT2D eigenvalue weighted by Crippen LogP contribution is -2.37. The van der Waals surface area contributed by atoms with Gasteiger partial charge < -0.3 is 11.5 Å². The molecule has 1 aromatic rings. The van der Waals surface area contributed by atoms with Crippen molar-refractivity contribution in [2.75, 3.05) is 0 Å². The highest BCUT2D eigenvalue weighted by Crippen LogP contribution is 2.32. The van der Waals surface area contributed by atoms with Crippen LogP contribution in [-0.2, 0) is 4.79 Å². The topological polar surface area (TPSA) is 172 Å². The number of nitrogens with two attached hydrogens (primary N) is 2. The van der Waals surface area contributed by atoms with E-state index in [4.69, 9.17) is 11.5 Å². The number of hydrogen-bond acceptors (Lipinski definition) is 7. The molecule has 0 bridgehead atoms. The number of nitrogens with zero attached hydrogens (tertiary/aromatic N) is 2. The number of ketones is 1. The second-order valence-corrected chi connectivity index (χ2v) is 5.16. The van der Waals surface area contributed by atoms with E-state index in [1.54, 1.807) is 6.92 Å². The van der Waals surface area contributed by atoms with Gasteiger partial charge in [0.2, 0.25) is 5.91 Å². The van der Waals surface area contributed by atoms with Gasteiger partial charge in [-0.25, -0.2) is 0 Å². The molecule has 0 spiro atoms. The Hall–Kier alpha value is -2.88. The van der Waals surface area contributed by atoms with Crippen LogP contribution in [-0.4, -0.2) is 27.6 Å². The molecule has 4 N–H and O–H groups in total. The van der Waals surface area contributed by atoms with Gasteiger partial charge in [0.1, 0.15) is 5.56 Å². The van der Waals surface area contributed by atoms with Crippen molar-refractivity contribution < 1.29 is 19.4 Å². The minimum absolute atomic E-state index is 0.129. The van der Waals surface area contributed by atoms with Crippen LogP contribution in [0.2, 0.25) is 0 Å². The third-order valence-corrected chi connectivity index (χ3v) is 3.25. The van der Waals surface area contributed by atoms with Gasteiger partial charge in [0.25, 0.3) is 0 Å². The van der Waals surface area contributed by atoms with Crippen LogP contribution >= 0.6 is 0 Å². The van der Waals surface area contributed by atoms with Crippen LogP contribution in [0, 0.1) is 26.1 Å². The number of carbonyl (C=O) groups excluding carboxylic acids is 2. The van der Waals surface area contributed by atoms with E-state index in [0.717, 1.165) is 12.1 Å². The first-order valence-corrected chi connectivity index (χ1v) is 6.65. The van der Waals surface area contributed by atoms with Crippen LogP contribution < -0.4 is 11.5 Å². The van der Waals surface area contributed by atoms with E-state index in [-0.39, 0.29) is 24.3 Å². The first kappa shape index (κ1) is 18.2. The lowest BCUT2D eigenvalue weighted by molar-refractivity contribution is -0.422. The molecular formula is C13H16N4O6. The Bertz CT molecular complexity index is 660. The Morgan fingerprint density at radius 1 is 1.22 bits per heavy atom. The zero-order valence-corrected chi connectivity index (χ0v) is 12.3. The summed E-state index contributed by atoms with van der Waals surface area (Å²) >= 11 is 0. The van der Waals surface area contributed by atoms with Crippen LogP contribution in [0.4, 0.5) is 11.4 Å². The fourth-order valence-corrected chi connectivity index (χ4v) is 2.15. The van der Waals surface area contributed by atoms with Gasteiger partial charge in [-0.15, -0.1) is 0 Å². The third-order valence-electron chi connectivity index (χ3n) is 3.25. The number of primary amides is 1. The average Bonchev–Trinajstić information content (AvgIpc) is 2.45. The first-order valence-electron chi connectivity index (χ1n) is 6.65. The maximum Gasteiger partial charge on any atom is 0.356 e. The number of amides is 1. The summed E-state index contributed by atoms with van der Waals surface area (Å²) in [6.07, 6.45) is -0.0210. The van der Waals surface area contributed by atoms with Crippen molar-refractivity contribution in [3.8, 4) is 0 Å². The van der Waals surface area contributed by atoms with Crippen molar-refractivity contribution in [3.05, 3.63) is 44.0 Å². The maximum atomic E-state index is 12.2. The van der Waals surface area contributed by atoms with Crippen LogP contribution in [0.5, 0.6) is 0 Å². The van der Waals surface area contributed by atoms with Gasteiger partial charge in [-0.05, 0) is 18.4 Å². The molecule has 0 radical (unpaired) electrons. The molecule has 2 atom stereocenters. The van der Waals surface area contributed by atoms with E-state index >= 15 is 0 Å². The van der Waals surface area contributed by atoms with Gasteiger partial charge in [-0.2, -0.15) is 0 Å². The van der Waals surface area contributed by atoms with Crippen LogP contribution in [0.1, 0.15) is 30.1 Å². The van der Waals surface area contributed by atoms with E-state index in [0.29, 0.717) is 0 Å². The molecule has 1 rings (SSSR count). The molecule has 1 amide bonds. The van der Waals surface area contributed by atoms with Gasteiger partial charge in [-0.1, -0.05) is 13.0 Å². The Kier molecular flexibility index (Phi) is 5.85. The molecule has 0 saturated heterocycles. The molecule has 0 saturated carbocycles. The molecule has 1 unspecified atom stereocenters. The highest BCUT2D eigenvalue weighted by atomic mass is 16.6. The monoisotopic (exact) mass is 324 g/mol. The normalized spacial score (nSPS) is 13.1. The fraction of sp³-hybridized carbons (Fsp3) is 0.385. The molecule has 0 aliphatic carbocycles. The van der Waals surface area contributed by atoms with Crippen molar-refractivity contribution in [1.82, 2.24) is 0 Å². The van der Waals surface area contributed by atoms with Gasteiger partial charge in [0, 0.05) is 12.5 Å². The Morgan fingerprint density at radius 2 is 1.83 bits per heavy atom. The largest absolute Gasteiger partial charge is 0.368 e. The summed E-state index contributed by atoms with van der Waals surface area (Å²) in [6.45, 7) is 1.63. The predicted octanol–water partition coefficient (Wildman–Crippen LogP) is 0.915. The van der Waals surface area contributed by atoms with Crippen molar-refractivity contribution in [2.45, 2.75) is 25.8 Å². The van der Waals surface area contributed by atoms with Gasteiger partial charge in [0.05, 0.1) is 15.9 Å². The molecule has 0 fully saturated rings. The fourth-order valence-electron chi connectivity index (χ4n) is 2.15. The van der Waals surface area contributed by atoms with E-state index in [2.05, 4.69) is 0 Å². The Balaban J connectivity index is 3.05. The summed E-state index contributed by atoms with van der Waals surface area (Å²) in [5.41, 5.74) is 8.59. The highest BCUT2D eigenvalue weighted by molar-refractivity contribution is 6.01. The summed E-state index contributed by atoms with van der Waals surface area (Å²) in [4.78, 5) is 43.2. The predicted molar refractivity (Wildman–Crippen MR) is 79.6 cm³/mol. The molecule has 10 nitrogen and oxygen atoms in total. The Morgan fingerprint density at radius 3 is 2.30 bits per heavy atom. The number of benzene rings is 1. The molecule has 1 aromatic carbocycles. The SMILES string of the molecule is CC(CC(=O)c1cccc([N+](=O)[O-])c1[N+](=O)[O-])C[C@H](N)C(N)=O. The molecule has 0 heterocycles. The quantitative estimate of drug-likeness (QED) is 0.406. The van der Waals surface area contributed by atoms with E-state index in [1.165, 1.54) is 6.07 Å². The number of nitro benzene ring substituents is 2. The van der Waals surface area contributed by atoms with Crippen molar-refractivity contribution in [1.29, 1.82) is 0 Å². The van der Waals surface area contributed by atoms with Crippen molar-refractivity contribution in [2.24, 2.45) is 17.4 Å². The molecule has 124 valence electrons. The molecule has 0 aromatic heterocycles. The van der Waals surface area contributed by atoms with E-state index < -0.39 is 39.0 Å². The molecule has 0 aliphatic heterocycles. The number of Topliss-reactive ketones (excluding diaryl/α,β-unsaturated/α-hetero) is 1. The number of nitro groups is 2. The summed E-state index contributed by atoms with van der Waals surface area (Å²) in [7, 11) is 0. The average molecular weight is 324 g/mol. The zero-order valence-electron chi connectivity index (χ0n) is 12.3. The van der Waals surface area contributed by atoms with Crippen LogP contribution in [0.3, 0.4) is 0 Å². The summed E-state index contributed by atoms with van der Waals surface area (Å²) in [6, 6.07) is 2.39. The van der Waals surface area contributed by atoms with E-state index in [1.807, 2.05) is 0 Å².